The van der Waals surface area contributed by atoms with Gasteiger partial charge in [0.25, 0.3) is 0 Å². The summed E-state index contributed by atoms with van der Waals surface area (Å²) in [5, 5.41) is 11.3. The zero-order valence-electron chi connectivity index (χ0n) is 9.17. The lowest BCUT2D eigenvalue weighted by Gasteiger charge is -2.17. The zero-order valence-corrected chi connectivity index (χ0v) is 9.17. The lowest BCUT2D eigenvalue weighted by molar-refractivity contribution is 0.318. The molecular formula is C10H15N5O. The van der Waals surface area contributed by atoms with Crippen LogP contribution >= 0.6 is 0 Å². The molecule has 0 atom stereocenters. The van der Waals surface area contributed by atoms with Crippen LogP contribution in [-0.4, -0.2) is 34.6 Å². The van der Waals surface area contributed by atoms with Gasteiger partial charge in [-0.1, -0.05) is 5.16 Å². The molecule has 1 aromatic rings. The normalized spacial score (nSPS) is 16.2. The number of hydrogen-bond acceptors (Lipinski definition) is 5. The molecule has 0 radical (unpaired) electrons. The van der Waals surface area contributed by atoms with Crippen molar-refractivity contribution in [2.75, 3.05) is 18.5 Å². The van der Waals surface area contributed by atoms with E-state index in [1.54, 1.807) is 6.20 Å². The summed E-state index contributed by atoms with van der Waals surface area (Å²) in [4.78, 5) is 10.4. The van der Waals surface area contributed by atoms with Crippen molar-refractivity contribution in [3.8, 4) is 0 Å². The Morgan fingerprint density at radius 2 is 2.31 bits per heavy atom. The van der Waals surface area contributed by atoms with Crippen molar-refractivity contribution in [2.45, 2.75) is 12.8 Å². The number of hydrogen-bond donors (Lipinski definition) is 2. The van der Waals surface area contributed by atoms with E-state index in [1.807, 2.05) is 7.05 Å². The zero-order chi connectivity index (χ0) is 11.5. The highest BCUT2D eigenvalue weighted by Gasteiger charge is 2.23. The van der Waals surface area contributed by atoms with E-state index in [2.05, 4.69) is 20.0 Å². The summed E-state index contributed by atoms with van der Waals surface area (Å²) in [6.45, 7) is 1.01. The van der Waals surface area contributed by atoms with Gasteiger partial charge in [0, 0.05) is 13.6 Å². The highest BCUT2D eigenvalue weighted by molar-refractivity contribution is 5.94. The molecule has 1 saturated carbocycles. The van der Waals surface area contributed by atoms with Crippen LogP contribution in [0.15, 0.2) is 17.5 Å². The summed E-state index contributed by atoms with van der Waals surface area (Å²) >= 11 is 0. The molecule has 0 aromatic carbocycles. The van der Waals surface area contributed by atoms with Crippen molar-refractivity contribution in [2.24, 2.45) is 16.8 Å². The minimum absolute atomic E-state index is 0.0242. The fourth-order valence-electron chi connectivity index (χ4n) is 1.48. The molecule has 0 spiro atoms. The van der Waals surface area contributed by atoms with Crippen molar-refractivity contribution in [3.05, 3.63) is 18.1 Å². The number of rotatable bonds is 4. The van der Waals surface area contributed by atoms with Gasteiger partial charge in [0.15, 0.2) is 5.84 Å². The summed E-state index contributed by atoms with van der Waals surface area (Å²) in [5.74, 6) is 1.58. The van der Waals surface area contributed by atoms with Crippen molar-refractivity contribution in [1.29, 1.82) is 0 Å². The molecule has 0 aliphatic heterocycles. The Labute approximate surface area is 93.8 Å². The van der Waals surface area contributed by atoms with Crippen LogP contribution < -0.4 is 10.6 Å². The number of oxime groups is 1. The maximum absolute atomic E-state index is 8.48. The average molecular weight is 221 g/mol. The maximum atomic E-state index is 8.48. The van der Waals surface area contributed by atoms with Crippen LogP contribution in [-0.2, 0) is 0 Å². The summed E-state index contributed by atoms with van der Waals surface area (Å²) in [5.41, 5.74) is 5.78. The third kappa shape index (κ3) is 2.39. The van der Waals surface area contributed by atoms with Gasteiger partial charge >= 0.3 is 0 Å². The monoisotopic (exact) mass is 221 g/mol. The minimum atomic E-state index is -0.0242. The molecule has 1 fully saturated rings. The number of nitrogens with two attached hydrogens (primary N) is 1. The summed E-state index contributed by atoms with van der Waals surface area (Å²) < 4.78 is 0. The van der Waals surface area contributed by atoms with Gasteiger partial charge in [-0.25, -0.2) is 9.97 Å². The molecule has 1 aliphatic carbocycles. The number of anilines is 1. The molecule has 6 heteroatoms. The molecule has 0 saturated heterocycles. The Hall–Kier alpha value is -1.85. The molecule has 6 nitrogen and oxygen atoms in total. The van der Waals surface area contributed by atoms with Gasteiger partial charge in [0.1, 0.15) is 11.5 Å². The molecule has 1 aromatic heterocycles. The van der Waals surface area contributed by atoms with E-state index in [0.717, 1.165) is 18.3 Å². The molecule has 0 unspecified atom stereocenters. The largest absolute Gasteiger partial charge is 0.409 e. The minimum Gasteiger partial charge on any atom is -0.409 e. The molecular weight excluding hydrogens is 206 g/mol. The third-order valence-electron chi connectivity index (χ3n) is 2.63. The van der Waals surface area contributed by atoms with Crippen molar-refractivity contribution < 1.29 is 5.21 Å². The van der Waals surface area contributed by atoms with Crippen molar-refractivity contribution in [1.82, 2.24) is 9.97 Å². The summed E-state index contributed by atoms with van der Waals surface area (Å²) in [7, 11) is 1.99. The predicted octanol–water partition coefficient (Wildman–Crippen LogP) is 0.417. The van der Waals surface area contributed by atoms with Gasteiger partial charge in [-0.3, -0.25) is 0 Å². The SMILES string of the molecule is CN(CC1CC1)c1cnc(C(N)=NO)cn1. The number of nitrogens with zero attached hydrogens (tertiary/aromatic N) is 4. The van der Waals surface area contributed by atoms with Crippen molar-refractivity contribution in [3.63, 3.8) is 0 Å². The maximum Gasteiger partial charge on any atom is 0.190 e. The molecule has 16 heavy (non-hydrogen) atoms. The highest BCUT2D eigenvalue weighted by Crippen LogP contribution is 2.30. The Morgan fingerprint density at radius 3 is 2.81 bits per heavy atom. The van der Waals surface area contributed by atoms with E-state index in [9.17, 15) is 0 Å². The van der Waals surface area contributed by atoms with Crippen LogP contribution in [0.3, 0.4) is 0 Å². The first kappa shape index (κ1) is 10.7. The Morgan fingerprint density at radius 1 is 1.56 bits per heavy atom. The number of aromatic nitrogens is 2. The van der Waals surface area contributed by atoms with Crippen LogP contribution in [0, 0.1) is 5.92 Å². The molecule has 3 N–H and O–H groups in total. The molecule has 1 aliphatic rings. The van der Waals surface area contributed by atoms with Gasteiger partial charge < -0.3 is 15.8 Å². The van der Waals surface area contributed by atoms with Gasteiger partial charge in [0.05, 0.1) is 12.4 Å². The number of amidine groups is 1. The second-order valence-corrected chi connectivity index (χ2v) is 4.07. The molecule has 2 rings (SSSR count). The highest BCUT2D eigenvalue weighted by atomic mass is 16.4. The van der Waals surface area contributed by atoms with E-state index in [-0.39, 0.29) is 5.84 Å². The lowest BCUT2D eigenvalue weighted by Crippen LogP contribution is -2.22. The Kier molecular flexibility index (Phi) is 2.89. The molecule has 1 heterocycles. The van der Waals surface area contributed by atoms with Crippen LogP contribution in [0.2, 0.25) is 0 Å². The Balaban J connectivity index is 2.05. The van der Waals surface area contributed by atoms with Crippen molar-refractivity contribution >= 4 is 11.7 Å². The van der Waals surface area contributed by atoms with Crippen LogP contribution in [0.25, 0.3) is 0 Å². The Bertz CT molecular complexity index is 385. The van der Waals surface area contributed by atoms with E-state index in [0.29, 0.717) is 5.69 Å². The standard InChI is InChI=1S/C10H15N5O/c1-15(6-7-2-3-7)9-5-12-8(4-13-9)10(11)14-16/h4-5,7,16H,2-3,6H2,1H3,(H2,11,14). The van der Waals surface area contributed by atoms with E-state index < -0.39 is 0 Å². The predicted molar refractivity (Wildman–Crippen MR) is 60.5 cm³/mol. The first-order valence-corrected chi connectivity index (χ1v) is 5.22. The second kappa shape index (κ2) is 4.34. The molecule has 0 bridgehead atoms. The van der Waals surface area contributed by atoms with Crippen LogP contribution in [0.4, 0.5) is 5.82 Å². The fourth-order valence-corrected chi connectivity index (χ4v) is 1.48. The van der Waals surface area contributed by atoms with Gasteiger partial charge in [-0.05, 0) is 18.8 Å². The average Bonchev–Trinajstić information content (AvgIpc) is 3.12. The second-order valence-electron chi connectivity index (χ2n) is 4.07. The van der Waals surface area contributed by atoms with Gasteiger partial charge in [-0.15, -0.1) is 0 Å². The van der Waals surface area contributed by atoms with Gasteiger partial charge in [0.2, 0.25) is 0 Å². The summed E-state index contributed by atoms with van der Waals surface area (Å²) in [6.07, 6.45) is 5.75. The van der Waals surface area contributed by atoms with Crippen LogP contribution in [0.1, 0.15) is 18.5 Å². The molecule has 86 valence electrons. The van der Waals surface area contributed by atoms with Gasteiger partial charge in [-0.2, -0.15) is 0 Å². The third-order valence-corrected chi connectivity index (χ3v) is 2.63. The smallest absolute Gasteiger partial charge is 0.190 e. The van der Waals surface area contributed by atoms with Crippen LogP contribution in [0.5, 0.6) is 0 Å². The first-order chi connectivity index (χ1) is 7.70. The van der Waals surface area contributed by atoms with E-state index in [4.69, 9.17) is 10.9 Å². The molecule has 0 amide bonds. The lowest BCUT2D eigenvalue weighted by atomic mass is 10.4. The van der Waals surface area contributed by atoms with E-state index >= 15 is 0 Å². The van der Waals surface area contributed by atoms with E-state index in [1.165, 1.54) is 19.0 Å². The fraction of sp³-hybridized carbons (Fsp3) is 0.500. The quantitative estimate of drug-likeness (QED) is 0.333. The topological polar surface area (TPSA) is 87.6 Å². The first-order valence-electron chi connectivity index (χ1n) is 5.22. The summed E-state index contributed by atoms with van der Waals surface area (Å²) in [6, 6.07) is 0.